The Morgan fingerprint density at radius 1 is 0.760 bits per heavy atom. The quantitative estimate of drug-likeness (QED) is 0.438. The molecule has 0 aliphatic heterocycles. The van der Waals surface area contributed by atoms with Gasteiger partial charge >= 0.3 is 0 Å². The van der Waals surface area contributed by atoms with E-state index in [-0.39, 0.29) is 0 Å². The number of hydrogen-bond acceptors (Lipinski definition) is 4. The van der Waals surface area contributed by atoms with Gasteiger partial charge in [-0.15, -0.1) is 5.10 Å². The SMILES string of the molecule is Clc1cc(Cl)cc(-n2cc(-c3cnc4cc(Cl)c(Cl)cc4n3)nn2)c1. The van der Waals surface area contributed by atoms with E-state index >= 15 is 0 Å². The molecule has 4 rings (SSSR count). The number of aromatic nitrogens is 5. The molecule has 0 aliphatic rings. The predicted octanol–water partition coefficient (Wildman–Crippen LogP) is 5.49. The van der Waals surface area contributed by atoms with Crippen LogP contribution >= 0.6 is 46.4 Å². The Hall–Kier alpha value is -1.92. The molecule has 2 heterocycles. The van der Waals surface area contributed by atoms with Crippen LogP contribution in [-0.4, -0.2) is 25.0 Å². The van der Waals surface area contributed by atoms with E-state index in [1.165, 1.54) is 0 Å². The standard InChI is InChI=1S/C16H7Cl4N5/c17-8-1-9(18)3-10(2-8)25-7-16(23-24-25)15-6-21-13-4-11(19)12(20)5-14(13)22-15/h1-7H. The number of benzene rings is 2. The second-order valence-corrected chi connectivity index (χ2v) is 6.87. The molecule has 0 amide bonds. The van der Waals surface area contributed by atoms with Crippen LogP contribution in [0.5, 0.6) is 0 Å². The summed E-state index contributed by atoms with van der Waals surface area (Å²) in [6.45, 7) is 0. The molecule has 0 fully saturated rings. The Morgan fingerprint density at radius 2 is 1.44 bits per heavy atom. The summed E-state index contributed by atoms with van der Waals surface area (Å²) in [6.07, 6.45) is 3.32. The lowest BCUT2D eigenvalue weighted by molar-refractivity contribution is 0.804. The van der Waals surface area contributed by atoms with Crippen LogP contribution in [0, 0.1) is 0 Å². The van der Waals surface area contributed by atoms with E-state index in [1.54, 1.807) is 47.4 Å². The van der Waals surface area contributed by atoms with Crippen molar-refractivity contribution in [1.29, 1.82) is 0 Å². The van der Waals surface area contributed by atoms with Gasteiger partial charge in [-0.05, 0) is 30.3 Å². The average Bonchev–Trinajstić information content (AvgIpc) is 3.05. The van der Waals surface area contributed by atoms with Crippen LogP contribution in [0.3, 0.4) is 0 Å². The van der Waals surface area contributed by atoms with Gasteiger partial charge in [0.1, 0.15) is 11.4 Å². The Kier molecular flexibility index (Phi) is 4.25. The summed E-state index contributed by atoms with van der Waals surface area (Å²) < 4.78 is 1.56. The maximum Gasteiger partial charge on any atom is 0.133 e. The maximum absolute atomic E-state index is 6.04. The topological polar surface area (TPSA) is 56.5 Å². The fourth-order valence-corrected chi connectivity index (χ4v) is 3.14. The highest BCUT2D eigenvalue weighted by molar-refractivity contribution is 6.42. The zero-order valence-corrected chi connectivity index (χ0v) is 15.3. The molecule has 2 aromatic heterocycles. The first-order chi connectivity index (χ1) is 12.0. The molecule has 4 aromatic rings. The van der Waals surface area contributed by atoms with Crippen molar-refractivity contribution in [2.75, 3.05) is 0 Å². The van der Waals surface area contributed by atoms with Gasteiger partial charge in [-0.3, -0.25) is 4.98 Å². The zero-order valence-electron chi connectivity index (χ0n) is 12.3. The molecule has 2 aromatic carbocycles. The molecule has 0 saturated heterocycles. The van der Waals surface area contributed by atoms with E-state index in [4.69, 9.17) is 46.4 Å². The fourth-order valence-electron chi connectivity index (χ4n) is 2.31. The van der Waals surface area contributed by atoms with Crippen LogP contribution < -0.4 is 0 Å². The summed E-state index contributed by atoms with van der Waals surface area (Å²) in [5.41, 5.74) is 3.07. The summed E-state index contributed by atoms with van der Waals surface area (Å²) in [5, 5.41) is 10.1. The van der Waals surface area contributed by atoms with Gasteiger partial charge < -0.3 is 0 Å². The predicted molar refractivity (Wildman–Crippen MR) is 99.9 cm³/mol. The number of rotatable bonds is 2. The summed E-state index contributed by atoms with van der Waals surface area (Å²) in [6, 6.07) is 8.45. The third kappa shape index (κ3) is 3.28. The van der Waals surface area contributed by atoms with Crippen molar-refractivity contribution in [3.05, 3.63) is 62.8 Å². The molecule has 5 nitrogen and oxygen atoms in total. The van der Waals surface area contributed by atoms with Crippen molar-refractivity contribution in [2.45, 2.75) is 0 Å². The minimum absolute atomic E-state index is 0.415. The third-order valence-corrected chi connectivity index (χ3v) is 4.61. The molecule has 0 bridgehead atoms. The Morgan fingerprint density at radius 3 is 2.16 bits per heavy atom. The van der Waals surface area contributed by atoms with Crippen molar-refractivity contribution >= 4 is 57.4 Å². The Labute approximate surface area is 162 Å². The fraction of sp³-hybridized carbons (Fsp3) is 0. The summed E-state index contributed by atoms with van der Waals surface area (Å²) >= 11 is 24.1. The number of halogens is 4. The first kappa shape index (κ1) is 16.5. The highest BCUT2D eigenvalue weighted by Gasteiger charge is 2.11. The van der Waals surface area contributed by atoms with Gasteiger partial charge in [0.05, 0.1) is 39.2 Å². The molecule has 0 atom stereocenters. The highest BCUT2D eigenvalue weighted by atomic mass is 35.5. The van der Waals surface area contributed by atoms with Crippen LogP contribution in [0.4, 0.5) is 0 Å². The largest absolute Gasteiger partial charge is 0.252 e. The lowest BCUT2D eigenvalue weighted by atomic mass is 10.2. The smallest absolute Gasteiger partial charge is 0.133 e. The van der Waals surface area contributed by atoms with E-state index in [0.717, 1.165) is 0 Å². The molecule has 0 aliphatic carbocycles. The molecule has 25 heavy (non-hydrogen) atoms. The molecule has 124 valence electrons. The molecule has 0 saturated carbocycles. The molecule has 0 N–H and O–H groups in total. The number of hydrogen-bond donors (Lipinski definition) is 0. The van der Waals surface area contributed by atoms with Crippen LogP contribution in [0.2, 0.25) is 20.1 Å². The van der Waals surface area contributed by atoms with Crippen LogP contribution in [-0.2, 0) is 0 Å². The van der Waals surface area contributed by atoms with E-state index in [0.29, 0.717) is 48.2 Å². The Bertz CT molecular complexity index is 1090. The van der Waals surface area contributed by atoms with Gasteiger partial charge in [-0.25, -0.2) is 9.67 Å². The van der Waals surface area contributed by atoms with Gasteiger partial charge in [0.2, 0.25) is 0 Å². The average molecular weight is 411 g/mol. The summed E-state index contributed by atoms with van der Waals surface area (Å²) in [5.74, 6) is 0. The van der Waals surface area contributed by atoms with Crippen LogP contribution in [0.15, 0.2) is 42.7 Å². The highest BCUT2D eigenvalue weighted by Crippen LogP contribution is 2.27. The zero-order chi connectivity index (χ0) is 17.6. The van der Waals surface area contributed by atoms with Crippen LogP contribution in [0.1, 0.15) is 0 Å². The number of fused-ring (bicyclic) bond motifs is 1. The van der Waals surface area contributed by atoms with Crippen molar-refractivity contribution in [2.24, 2.45) is 0 Å². The molecule has 0 radical (unpaired) electrons. The maximum atomic E-state index is 6.04. The van der Waals surface area contributed by atoms with Gasteiger partial charge in [-0.1, -0.05) is 51.6 Å². The van der Waals surface area contributed by atoms with Gasteiger partial charge in [0.25, 0.3) is 0 Å². The van der Waals surface area contributed by atoms with Crippen molar-refractivity contribution in [1.82, 2.24) is 25.0 Å². The second-order valence-electron chi connectivity index (χ2n) is 5.19. The first-order valence-electron chi connectivity index (χ1n) is 7.00. The van der Waals surface area contributed by atoms with Crippen LogP contribution in [0.25, 0.3) is 28.1 Å². The van der Waals surface area contributed by atoms with E-state index < -0.39 is 0 Å². The first-order valence-corrected chi connectivity index (χ1v) is 8.52. The van der Waals surface area contributed by atoms with Crippen molar-refractivity contribution in [3.63, 3.8) is 0 Å². The summed E-state index contributed by atoms with van der Waals surface area (Å²) in [4.78, 5) is 8.86. The lowest BCUT2D eigenvalue weighted by Crippen LogP contribution is -1.94. The molecular weight excluding hydrogens is 404 g/mol. The monoisotopic (exact) mass is 409 g/mol. The van der Waals surface area contributed by atoms with Gasteiger partial charge in [-0.2, -0.15) is 0 Å². The van der Waals surface area contributed by atoms with Crippen molar-refractivity contribution in [3.8, 4) is 17.1 Å². The van der Waals surface area contributed by atoms with E-state index in [2.05, 4.69) is 20.3 Å². The molecule has 9 heteroatoms. The van der Waals surface area contributed by atoms with Crippen molar-refractivity contribution < 1.29 is 0 Å². The minimum Gasteiger partial charge on any atom is -0.252 e. The lowest BCUT2D eigenvalue weighted by Gasteiger charge is -2.02. The molecule has 0 spiro atoms. The van der Waals surface area contributed by atoms with Gasteiger partial charge in [0.15, 0.2) is 0 Å². The van der Waals surface area contributed by atoms with E-state index in [9.17, 15) is 0 Å². The normalized spacial score (nSPS) is 11.2. The Balaban J connectivity index is 1.77. The minimum atomic E-state index is 0.415. The van der Waals surface area contributed by atoms with Gasteiger partial charge in [0, 0.05) is 10.0 Å². The second kappa shape index (κ2) is 6.42. The molecular formula is C16H7Cl4N5. The summed E-state index contributed by atoms with van der Waals surface area (Å²) in [7, 11) is 0. The molecule has 0 unspecified atom stereocenters. The van der Waals surface area contributed by atoms with E-state index in [1.807, 2.05) is 0 Å². The number of nitrogens with zero attached hydrogens (tertiary/aromatic N) is 5. The third-order valence-electron chi connectivity index (χ3n) is 3.45.